The Kier molecular flexibility index (Phi) is 2.38. The number of hydrogen-bond donors (Lipinski definition) is 1. The van der Waals surface area contributed by atoms with Crippen LogP contribution < -0.4 is 0 Å². The van der Waals surface area contributed by atoms with Crippen LogP contribution in [0.15, 0.2) is 11.6 Å². The maximum Gasteiger partial charge on any atom is 0.256 e. The van der Waals surface area contributed by atoms with E-state index in [0.717, 1.165) is 12.8 Å². The second-order valence-electron chi connectivity index (χ2n) is 4.53. The molecular formula is C11H15NO3. The Morgan fingerprint density at radius 1 is 1.47 bits per heavy atom. The molecule has 0 unspecified atom stereocenters. The van der Waals surface area contributed by atoms with Crippen molar-refractivity contribution >= 4 is 11.8 Å². The third-order valence-corrected chi connectivity index (χ3v) is 3.28. The van der Waals surface area contributed by atoms with Crippen molar-refractivity contribution in [3.63, 3.8) is 0 Å². The molecule has 15 heavy (non-hydrogen) atoms. The molecule has 0 atom stereocenters. The summed E-state index contributed by atoms with van der Waals surface area (Å²) in [7, 11) is 0. The standard InChI is InChI=1S/C11H15NO3/c1-8-6-9(14)12(10(8)15)7-11(2-3-11)4-5-13/h6,13H,2-5,7H2,1H3. The second kappa shape index (κ2) is 3.45. The number of aliphatic hydroxyl groups is 1. The van der Waals surface area contributed by atoms with Crippen molar-refractivity contribution < 1.29 is 14.7 Å². The molecule has 0 saturated heterocycles. The van der Waals surface area contributed by atoms with Crippen LogP contribution in [-0.4, -0.2) is 35.0 Å². The number of aliphatic hydroxyl groups excluding tert-OH is 1. The molecule has 2 rings (SSSR count). The normalized spacial score (nSPS) is 23.3. The first-order chi connectivity index (χ1) is 7.08. The van der Waals surface area contributed by atoms with Crippen LogP contribution in [0.4, 0.5) is 0 Å². The van der Waals surface area contributed by atoms with Crippen molar-refractivity contribution in [2.24, 2.45) is 5.41 Å². The van der Waals surface area contributed by atoms with Crippen molar-refractivity contribution in [2.75, 3.05) is 13.2 Å². The van der Waals surface area contributed by atoms with Crippen LogP contribution in [0.1, 0.15) is 26.2 Å². The van der Waals surface area contributed by atoms with E-state index >= 15 is 0 Å². The Morgan fingerprint density at radius 3 is 2.53 bits per heavy atom. The summed E-state index contributed by atoms with van der Waals surface area (Å²) in [6.07, 6.45) is 4.08. The minimum atomic E-state index is -0.207. The highest BCUT2D eigenvalue weighted by atomic mass is 16.3. The summed E-state index contributed by atoms with van der Waals surface area (Å²) in [5.74, 6) is -0.383. The molecule has 0 bridgehead atoms. The van der Waals surface area contributed by atoms with Crippen molar-refractivity contribution in [2.45, 2.75) is 26.2 Å². The van der Waals surface area contributed by atoms with Crippen LogP contribution in [0.2, 0.25) is 0 Å². The minimum Gasteiger partial charge on any atom is -0.396 e. The summed E-state index contributed by atoms with van der Waals surface area (Å²) in [6, 6.07) is 0. The molecule has 0 spiro atoms. The summed E-state index contributed by atoms with van der Waals surface area (Å²) in [5, 5.41) is 8.90. The summed E-state index contributed by atoms with van der Waals surface area (Å²) < 4.78 is 0. The van der Waals surface area contributed by atoms with Gasteiger partial charge in [0.25, 0.3) is 11.8 Å². The van der Waals surface area contributed by atoms with Gasteiger partial charge in [-0.1, -0.05) is 0 Å². The molecule has 1 N–H and O–H groups in total. The molecule has 1 aliphatic heterocycles. The Bertz CT molecular complexity index is 342. The SMILES string of the molecule is CC1=CC(=O)N(CC2(CCO)CC2)C1=O. The van der Waals surface area contributed by atoms with Gasteiger partial charge in [0.05, 0.1) is 0 Å². The summed E-state index contributed by atoms with van der Waals surface area (Å²) >= 11 is 0. The molecule has 0 radical (unpaired) electrons. The molecular weight excluding hydrogens is 194 g/mol. The fraction of sp³-hybridized carbons (Fsp3) is 0.636. The Balaban J connectivity index is 2.02. The minimum absolute atomic E-state index is 0.0124. The number of hydrogen-bond acceptors (Lipinski definition) is 3. The van der Waals surface area contributed by atoms with Gasteiger partial charge < -0.3 is 5.11 Å². The van der Waals surface area contributed by atoms with Crippen LogP contribution in [0.5, 0.6) is 0 Å². The summed E-state index contributed by atoms with van der Waals surface area (Å²) in [5.41, 5.74) is 0.526. The molecule has 0 aromatic rings. The van der Waals surface area contributed by atoms with Gasteiger partial charge >= 0.3 is 0 Å². The number of nitrogens with zero attached hydrogens (tertiary/aromatic N) is 1. The van der Waals surface area contributed by atoms with Crippen molar-refractivity contribution in [1.82, 2.24) is 4.90 Å². The van der Waals surface area contributed by atoms with Gasteiger partial charge in [0.1, 0.15) is 0 Å². The van der Waals surface area contributed by atoms with Gasteiger partial charge in [0.2, 0.25) is 0 Å². The zero-order chi connectivity index (χ0) is 11.1. The van der Waals surface area contributed by atoms with Crippen molar-refractivity contribution in [3.8, 4) is 0 Å². The highest BCUT2D eigenvalue weighted by molar-refractivity contribution is 6.15. The zero-order valence-corrected chi connectivity index (χ0v) is 8.82. The molecule has 4 nitrogen and oxygen atoms in total. The van der Waals surface area contributed by atoms with Gasteiger partial charge in [-0.25, -0.2) is 0 Å². The van der Waals surface area contributed by atoms with E-state index in [-0.39, 0.29) is 23.8 Å². The lowest BCUT2D eigenvalue weighted by Crippen LogP contribution is -2.36. The topological polar surface area (TPSA) is 57.6 Å². The molecule has 1 saturated carbocycles. The van der Waals surface area contributed by atoms with Gasteiger partial charge in [-0.05, 0) is 31.6 Å². The van der Waals surface area contributed by atoms with E-state index in [9.17, 15) is 9.59 Å². The quantitative estimate of drug-likeness (QED) is 0.684. The lowest BCUT2D eigenvalue weighted by Gasteiger charge is -2.21. The third kappa shape index (κ3) is 1.81. The lowest BCUT2D eigenvalue weighted by molar-refractivity contribution is -0.138. The van der Waals surface area contributed by atoms with E-state index in [1.54, 1.807) is 6.92 Å². The lowest BCUT2D eigenvalue weighted by atomic mass is 10.0. The van der Waals surface area contributed by atoms with Crippen LogP contribution >= 0.6 is 0 Å². The highest BCUT2D eigenvalue weighted by Gasteiger charge is 2.46. The fourth-order valence-electron chi connectivity index (χ4n) is 2.02. The first kappa shape index (κ1) is 10.4. The predicted octanol–water partition coefficient (Wildman–Crippen LogP) is 0.464. The summed E-state index contributed by atoms with van der Waals surface area (Å²) in [6.45, 7) is 2.26. The smallest absolute Gasteiger partial charge is 0.256 e. The average molecular weight is 209 g/mol. The molecule has 4 heteroatoms. The number of imide groups is 1. The maximum atomic E-state index is 11.6. The maximum absolute atomic E-state index is 11.6. The van der Waals surface area contributed by atoms with E-state index in [1.165, 1.54) is 11.0 Å². The molecule has 1 fully saturated rings. The molecule has 1 heterocycles. The number of amides is 2. The van der Waals surface area contributed by atoms with Crippen LogP contribution in [0.3, 0.4) is 0 Å². The number of carbonyl (C=O) groups excluding carboxylic acids is 2. The Hall–Kier alpha value is -1.16. The molecule has 0 aromatic carbocycles. The summed E-state index contributed by atoms with van der Waals surface area (Å²) in [4.78, 5) is 24.4. The van der Waals surface area contributed by atoms with Crippen molar-refractivity contribution in [1.29, 1.82) is 0 Å². The predicted molar refractivity (Wildman–Crippen MR) is 53.8 cm³/mol. The zero-order valence-electron chi connectivity index (χ0n) is 8.82. The third-order valence-electron chi connectivity index (χ3n) is 3.28. The van der Waals surface area contributed by atoms with Gasteiger partial charge in [0, 0.05) is 24.8 Å². The van der Waals surface area contributed by atoms with E-state index < -0.39 is 0 Å². The second-order valence-corrected chi connectivity index (χ2v) is 4.53. The molecule has 2 aliphatic rings. The number of rotatable bonds is 4. The van der Waals surface area contributed by atoms with Gasteiger partial charge in [0.15, 0.2) is 0 Å². The van der Waals surface area contributed by atoms with Crippen LogP contribution in [0.25, 0.3) is 0 Å². The first-order valence-electron chi connectivity index (χ1n) is 5.23. The fourth-order valence-corrected chi connectivity index (χ4v) is 2.02. The van der Waals surface area contributed by atoms with Gasteiger partial charge in [-0.2, -0.15) is 0 Å². The van der Waals surface area contributed by atoms with E-state index in [4.69, 9.17) is 5.11 Å². The molecule has 2 amide bonds. The highest BCUT2D eigenvalue weighted by Crippen LogP contribution is 2.49. The van der Waals surface area contributed by atoms with Crippen LogP contribution in [-0.2, 0) is 9.59 Å². The molecule has 82 valence electrons. The monoisotopic (exact) mass is 209 g/mol. The van der Waals surface area contributed by atoms with E-state index in [1.807, 2.05) is 0 Å². The van der Waals surface area contributed by atoms with Crippen LogP contribution in [0, 0.1) is 5.41 Å². The largest absolute Gasteiger partial charge is 0.396 e. The van der Waals surface area contributed by atoms with E-state index in [2.05, 4.69) is 0 Å². The molecule has 1 aliphatic carbocycles. The average Bonchev–Trinajstić information content (AvgIpc) is 2.89. The molecule has 0 aromatic heterocycles. The van der Waals surface area contributed by atoms with Gasteiger partial charge in [-0.3, -0.25) is 14.5 Å². The Labute approximate surface area is 88.6 Å². The number of carbonyl (C=O) groups is 2. The van der Waals surface area contributed by atoms with Crippen molar-refractivity contribution in [3.05, 3.63) is 11.6 Å². The Morgan fingerprint density at radius 2 is 2.13 bits per heavy atom. The van der Waals surface area contributed by atoms with Gasteiger partial charge in [-0.15, -0.1) is 0 Å². The first-order valence-corrected chi connectivity index (χ1v) is 5.23. The van der Waals surface area contributed by atoms with E-state index in [0.29, 0.717) is 18.5 Å².